The molecule has 0 radical (unpaired) electrons. The summed E-state index contributed by atoms with van der Waals surface area (Å²) in [5, 5.41) is 30.5. The second-order valence-electron chi connectivity index (χ2n) is 4.38. The maximum atomic E-state index is 11.7. The first-order valence-electron chi connectivity index (χ1n) is 6.10. The molecule has 0 aromatic rings. The molecule has 2 amide bonds. The first-order valence-corrected chi connectivity index (χ1v) is 6.10. The van der Waals surface area contributed by atoms with Crippen molar-refractivity contribution in [3.8, 4) is 0 Å². The zero-order valence-electron chi connectivity index (χ0n) is 11.4. The number of aliphatic carboxylic acids is 2. The Kier molecular flexibility index (Phi) is 7.94. The first-order chi connectivity index (χ1) is 9.65. The van der Waals surface area contributed by atoms with E-state index in [-0.39, 0.29) is 12.8 Å². The van der Waals surface area contributed by atoms with Gasteiger partial charge in [0.25, 0.3) is 0 Å². The van der Waals surface area contributed by atoms with Crippen LogP contribution in [0, 0.1) is 0 Å². The van der Waals surface area contributed by atoms with Gasteiger partial charge in [-0.15, -0.1) is 0 Å². The first kappa shape index (κ1) is 18.8. The molecule has 21 heavy (non-hydrogen) atoms. The molecule has 7 N–H and O–H groups in total. The van der Waals surface area contributed by atoms with Crippen molar-refractivity contribution in [2.24, 2.45) is 5.73 Å². The minimum Gasteiger partial charge on any atom is -0.481 e. The Balaban J connectivity index is 4.55. The second-order valence-corrected chi connectivity index (χ2v) is 4.38. The van der Waals surface area contributed by atoms with Crippen molar-refractivity contribution in [3.63, 3.8) is 0 Å². The van der Waals surface area contributed by atoms with Crippen molar-refractivity contribution in [1.82, 2.24) is 10.6 Å². The molecule has 10 heteroatoms. The number of rotatable bonds is 9. The van der Waals surface area contributed by atoms with E-state index in [0.29, 0.717) is 0 Å². The SMILES string of the molecule is CC(O)C(NC(=O)C(N)CCC(=O)O)C(=O)NCC(=O)O. The monoisotopic (exact) mass is 305 g/mol. The van der Waals surface area contributed by atoms with E-state index in [0.717, 1.165) is 0 Å². The van der Waals surface area contributed by atoms with Crippen LogP contribution in [0.1, 0.15) is 19.8 Å². The highest BCUT2D eigenvalue weighted by atomic mass is 16.4. The molecular weight excluding hydrogens is 286 g/mol. The molecule has 3 unspecified atom stereocenters. The predicted octanol–water partition coefficient (Wildman–Crippen LogP) is -2.76. The molecule has 0 aromatic carbocycles. The van der Waals surface area contributed by atoms with Gasteiger partial charge in [-0.1, -0.05) is 0 Å². The smallest absolute Gasteiger partial charge is 0.322 e. The quantitative estimate of drug-likeness (QED) is 0.265. The lowest BCUT2D eigenvalue weighted by Crippen LogP contribution is -2.56. The van der Waals surface area contributed by atoms with Gasteiger partial charge < -0.3 is 31.7 Å². The molecule has 3 atom stereocenters. The molecule has 0 heterocycles. The topological polar surface area (TPSA) is 179 Å². The number of carbonyl (C=O) groups is 4. The van der Waals surface area contributed by atoms with E-state index in [1.807, 2.05) is 5.32 Å². The summed E-state index contributed by atoms with van der Waals surface area (Å²) in [4.78, 5) is 44.0. The van der Waals surface area contributed by atoms with Crippen molar-refractivity contribution in [2.75, 3.05) is 6.54 Å². The largest absolute Gasteiger partial charge is 0.481 e. The van der Waals surface area contributed by atoms with Gasteiger partial charge in [0.1, 0.15) is 12.6 Å². The molecule has 10 nitrogen and oxygen atoms in total. The predicted molar refractivity (Wildman–Crippen MR) is 69.1 cm³/mol. The van der Waals surface area contributed by atoms with Crippen molar-refractivity contribution in [1.29, 1.82) is 0 Å². The zero-order valence-corrected chi connectivity index (χ0v) is 11.4. The third-order valence-electron chi connectivity index (χ3n) is 2.48. The third kappa shape index (κ3) is 7.84. The highest BCUT2D eigenvalue weighted by Gasteiger charge is 2.27. The van der Waals surface area contributed by atoms with Crippen LogP contribution in [0.25, 0.3) is 0 Å². The summed E-state index contributed by atoms with van der Waals surface area (Å²) in [6, 6.07) is -2.54. The fourth-order valence-corrected chi connectivity index (χ4v) is 1.35. The van der Waals surface area contributed by atoms with Crippen LogP contribution in [-0.2, 0) is 19.2 Å². The van der Waals surface area contributed by atoms with Gasteiger partial charge in [0.15, 0.2) is 0 Å². The Morgan fingerprint density at radius 3 is 2.10 bits per heavy atom. The molecule has 0 aromatic heterocycles. The summed E-state index contributed by atoms with van der Waals surface area (Å²) in [7, 11) is 0. The summed E-state index contributed by atoms with van der Waals surface area (Å²) >= 11 is 0. The van der Waals surface area contributed by atoms with E-state index in [1.165, 1.54) is 6.92 Å². The van der Waals surface area contributed by atoms with Crippen molar-refractivity contribution < 1.29 is 34.5 Å². The summed E-state index contributed by atoms with van der Waals surface area (Å²) in [5.74, 6) is -4.10. The fourth-order valence-electron chi connectivity index (χ4n) is 1.35. The van der Waals surface area contributed by atoms with Crippen LogP contribution >= 0.6 is 0 Å². The van der Waals surface area contributed by atoms with Gasteiger partial charge in [-0.3, -0.25) is 19.2 Å². The minimum atomic E-state index is -1.38. The summed E-state index contributed by atoms with van der Waals surface area (Å²) < 4.78 is 0. The lowest BCUT2D eigenvalue weighted by Gasteiger charge is -2.22. The Hall–Kier alpha value is -2.20. The number of nitrogens with two attached hydrogens (primary N) is 1. The highest BCUT2D eigenvalue weighted by Crippen LogP contribution is 1.99. The standard InChI is InChI=1S/C11H19N3O7/c1-5(15)9(11(21)13-4-8(18)19)14-10(20)6(12)2-3-7(16)17/h5-6,9,15H,2-4,12H2,1H3,(H,13,21)(H,14,20)(H,16,17)(H,18,19). The van der Waals surface area contributed by atoms with Gasteiger partial charge in [-0.05, 0) is 13.3 Å². The van der Waals surface area contributed by atoms with Crippen molar-refractivity contribution in [3.05, 3.63) is 0 Å². The average Bonchev–Trinajstić information content (AvgIpc) is 2.38. The van der Waals surface area contributed by atoms with E-state index in [9.17, 15) is 24.3 Å². The number of aliphatic hydroxyl groups is 1. The fraction of sp³-hybridized carbons (Fsp3) is 0.636. The molecule has 0 spiro atoms. The van der Waals surface area contributed by atoms with Crippen LogP contribution < -0.4 is 16.4 Å². The molecule has 0 saturated heterocycles. The van der Waals surface area contributed by atoms with Gasteiger partial charge in [0.2, 0.25) is 11.8 Å². The van der Waals surface area contributed by atoms with Crippen LogP contribution in [0.15, 0.2) is 0 Å². The number of hydrogen-bond acceptors (Lipinski definition) is 6. The number of aliphatic hydroxyl groups excluding tert-OH is 1. The highest BCUT2D eigenvalue weighted by molar-refractivity contribution is 5.91. The molecule has 0 aliphatic heterocycles. The number of carboxylic acid groups (broad SMARTS) is 2. The van der Waals surface area contributed by atoms with Gasteiger partial charge in [-0.25, -0.2) is 0 Å². The van der Waals surface area contributed by atoms with Gasteiger partial charge >= 0.3 is 11.9 Å². The Bertz CT molecular complexity index is 411. The van der Waals surface area contributed by atoms with Crippen LogP contribution in [0.5, 0.6) is 0 Å². The maximum Gasteiger partial charge on any atom is 0.322 e. The van der Waals surface area contributed by atoms with Gasteiger partial charge in [0.05, 0.1) is 12.1 Å². The second kappa shape index (κ2) is 8.87. The number of carbonyl (C=O) groups excluding carboxylic acids is 2. The van der Waals surface area contributed by atoms with E-state index in [2.05, 4.69) is 5.32 Å². The Morgan fingerprint density at radius 1 is 1.10 bits per heavy atom. The summed E-state index contributed by atoms with van der Waals surface area (Å²) in [6.45, 7) is 0.567. The lowest BCUT2D eigenvalue weighted by molar-refractivity contribution is -0.139. The number of nitrogens with one attached hydrogen (secondary N) is 2. The third-order valence-corrected chi connectivity index (χ3v) is 2.48. The number of carboxylic acids is 2. The lowest BCUT2D eigenvalue weighted by atomic mass is 10.1. The normalized spacial score (nSPS) is 14.6. The maximum absolute atomic E-state index is 11.7. The van der Waals surface area contributed by atoms with Crippen LogP contribution in [0.3, 0.4) is 0 Å². The summed E-state index contributed by atoms with van der Waals surface area (Å²) in [6.07, 6.45) is -1.74. The van der Waals surface area contributed by atoms with E-state index in [1.54, 1.807) is 0 Å². The Labute approximate surface area is 120 Å². The average molecular weight is 305 g/mol. The van der Waals surface area contributed by atoms with Crippen molar-refractivity contribution in [2.45, 2.75) is 38.0 Å². The van der Waals surface area contributed by atoms with Crippen LogP contribution in [0.2, 0.25) is 0 Å². The van der Waals surface area contributed by atoms with E-state index >= 15 is 0 Å². The molecule has 0 aliphatic carbocycles. The zero-order chi connectivity index (χ0) is 16.6. The molecule has 0 aliphatic rings. The molecular formula is C11H19N3O7. The van der Waals surface area contributed by atoms with E-state index < -0.39 is 48.5 Å². The van der Waals surface area contributed by atoms with E-state index in [4.69, 9.17) is 15.9 Å². The van der Waals surface area contributed by atoms with Crippen molar-refractivity contribution >= 4 is 23.8 Å². The Morgan fingerprint density at radius 2 is 1.67 bits per heavy atom. The molecule has 0 bridgehead atoms. The van der Waals surface area contributed by atoms with Crippen LogP contribution in [0.4, 0.5) is 0 Å². The van der Waals surface area contributed by atoms with Crippen LogP contribution in [-0.4, -0.2) is 63.8 Å². The molecule has 0 saturated carbocycles. The number of hydrogen-bond donors (Lipinski definition) is 6. The molecule has 0 fully saturated rings. The molecule has 0 rings (SSSR count). The van der Waals surface area contributed by atoms with Gasteiger partial charge in [-0.2, -0.15) is 0 Å². The minimum absolute atomic E-state index is 0.134. The van der Waals surface area contributed by atoms with Gasteiger partial charge in [0, 0.05) is 6.42 Å². The molecule has 120 valence electrons. The number of amides is 2. The summed E-state index contributed by atoms with van der Waals surface area (Å²) in [5.41, 5.74) is 5.45.